The molecule has 0 amide bonds. The molecule has 2 radical (unpaired) electrons. The fourth-order valence-electron chi connectivity index (χ4n) is 0.648. The van der Waals surface area contributed by atoms with Crippen LogP contribution in [0, 0.1) is 0 Å². The first kappa shape index (κ1) is 11.8. The summed E-state index contributed by atoms with van der Waals surface area (Å²) in [5.41, 5.74) is 6.09. The van der Waals surface area contributed by atoms with Gasteiger partial charge in [-0.25, -0.2) is 8.42 Å². The third-order valence-electron chi connectivity index (χ3n) is 0.941. The van der Waals surface area contributed by atoms with E-state index in [0.29, 0.717) is 5.70 Å². The van der Waals surface area contributed by atoms with Crippen molar-refractivity contribution in [3.8, 4) is 0 Å². The van der Waals surface area contributed by atoms with Crippen molar-refractivity contribution >= 4 is 17.0 Å². The average Bonchev–Trinajstić information content (AvgIpc) is 1.81. The highest BCUT2D eigenvalue weighted by molar-refractivity contribution is 8.10. The summed E-state index contributed by atoms with van der Waals surface area (Å²) >= 11 is 0. The van der Waals surface area contributed by atoms with E-state index in [1.54, 1.807) is 6.92 Å². The molecule has 0 bridgehead atoms. The van der Waals surface area contributed by atoms with Gasteiger partial charge in [-0.15, -0.1) is 0 Å². The van der Waals surface area contributed by atoms with Crippen LogP contribution < -0.4 is 10.5 Å². The lowest BCUT2D eigenvalue weighted by molar-refractivity contribution is 0.603. The lowest BCUT2D eigenvalue weighted by Crippen LogP contribution is -2.22. The molecule has 0 saturated heterocycles. The van der Waals surface area contributed by atoms with Gasteiger partial charge in [0.05, 0.1) is 0 Å². The number of nitrogens with one attached hydrogen (secondary N) is 1. The smallest absolute Gasteiger partial charge is 0.285 e. The molecule has 13 heavy (non-hydrogen) atoms. The standard InChI is InChI=1S/C7H11BN2O2S/c1-3-4-7(5-6(2)9)10-13(8,11)12/h3-5,10H,1,9H2,2H3/b6-5+,7-4+. The summed E-state index contributed by atoms with van der Waals surface area (Å²) in [6.45, 7) is 5.04. The Morgan fingerprint density at radius 3 is 2.46 bits per heavy atom. The van der Waals surface area contributed by atoms with E-state index in [1.165, 1.54) is 18.2 Å². The van der Waals surface area contributed by atoms with Crippen LogP contribution in [0.4, 0.5) is 0 Å². The second-order valence-electron chi connectivity index (χ2n) is 2.39. The fourth-order valence-corrected chi connectivity index (χ4v) is 1.10. The Bertz CT molecular complexity index is 340. The molecule has 0 aliphatic carbocycles. The van der Waals surface area contributed by atoms with E-state index in [2.05, 4.69) is 11.3 Å². The molecular weight excluding hydrogens is 187 g/mol. The first-order valence-electron chi connectivity index (χ1n) is 3.42. The Kier molecular flexibility index (Phi) is 4.34. The topological polar surface area (TPSA) is 72.2 Å². The molecule has 0 aromatic heterocycles. The van der Waals surface area contributed by atoms with Gasteiger partial charge in [0.1, 0.15) is 0 Å². The van der Waals surface area contributed by atoms with E-state index in [4.69, 9.17) is 12.9 Å². The van der Waals surface area contributed by atoms with E-state index in [-0.39, 0.29) is 5.70 Å². The van der Waals surface area contributed by atoms with Crippen LogP contribution in [-0.2, 0) is 9.87 Å². The minimum Gasteiger partial charge on any atom is -0.402 e. The zero-order valence-electron chi connectivity index (χ0n) is 7.32. The van der Waals surface area contributed by atoms with Crippen molar-refractivity contribution in [2.45, 2.75) is 6.92 Å². The molecule has 3 N–H and O–H groups in total. The molecular formula is C7H11BN2O2S. The van der Waals surface area contributed by atoms with Gasteiger partial charge >= 0.3 is 0 Å². The van der Waals surface area contributed by atoms with E-state index in [1.807, 2.05) is 0 Å². The first-order chi connectivity index (χ1) is 5.85. The maximum atomic E-state index is 10.6. The second-order valence-corrected chi connectivity index (χ2v) is 3.69. The summed E-state index contributed by atoms with van der Waals surface area (Å²) in [5, 5.41) is 0. The highest BCUT2D eigenvalue weighted by Crippen LogP contribution is 1.96. The number of allylic oxidation sites excluding steroid dienone is 4. The van der Waals surface area contributed by atoms with E-state index >= 15 is 0 Å². The summed E-state index contributed by atoms with van der Waals surface area (Å²) in [4.78, 5) is 0. The van der Waals surface area contributed by atoms with Crippen LogP contribution in [0.1, 0.15) is 6.92 Å². The van der Waals surface area contributed by atoms with E-state index in [9.17, 15) is 8.42 Å². The Morgan fingerprint density at radius 2 is 2.15 bits per heavy atom. The maximum Gasteiger partial charge on any atom is 0.285 e. The number of rotatable bonds is 4. The molecule has 4 nitrogen and oxygen atoms in total. The van der Waals surface area contributed by atoms with Crippen molar-refractivity contribution < 1.29 is 8.42 Å². The average molecular weight is 198 g/mol. The number of hydrogen-bond acceptors (Lipinski definition) is 3. The molecule has 0 aliphatic heterocycles. The largest absolute Gasteiger partial charge is 0.402 e. The van der Waals surface area contributed by atoms with Gasteiger partial charge in [0.25, 0.3) is 7.12 Å². The highest BCUT2D eigenvalue weighted by Gasteiger charge is 2.00. The van der Waals surface area contributed by atoms with Crippen molar-refractivity contribution in [2.24, 2.45) is 5.73 Å². The normalized spacial score (nSPS) is 13.9. The van der Waals surface area contributed by atoms with Crippen LogP contribution >= 0.6 is 0 Å². The predicted octanol–water partition coefficient (Wildman–Crippen LogP) is -0.0783. The van der Waals surface area contributed by atoms with Crippen LogP contribution in [0.3, 0.4) is 0 Å². The quantitative estimate of drug-likeness (QED) is 0.490. The third kappa shape index (κ3) is 7.20. The number of hydrogen-bond donors (Lipinski definition) is 2. The van der Waals surface area contributed by atoms with Gasteiger partial charge in [-0.1, -0.05) is 12.7 Å². The van der Waals surface area contributed by atoms with Gasteiger partial charge in [0, 0.05) is 11.4 Å². The zero-order chi connectivity index (χ0) is 10.5. The molecule has 6 heteroatoms. The van der Waals surface area contributed by atoms with Gasteiger partial charge in [0.15, 0.2) is 9.87 Å². The van der Waals surface area contributed by atoms with Crippen LogP contribution in [0.25, 0.3) is 0 Å². The summed E-state index contributed by atoms with van der Waals surface area (Å²) < 4.78 is 23.3. The van der Waals surface area contributed by atoms with Crippen molar-refractivity contribution in [1.82, 2.24) is 4.72 Å². The van der Waals surface area contributed by atoms with Crippen molar-refractivity contribution in [3.63, 3.8) is 0 Å². The highest BCUT2D eigenvalue weighted by atomic mass is 32.2. The van der Waals surface area contributed by atoms with Gasteiger partial charge in [-0.3, -0.25) is 4.72 Å². The lowest BCUT2D eigenvalue weighted by Gasteiger charge is -2.04. The Hall–Kier alpha value is -1.17. The van der Waals surface area contributed by atoms with E-state index in [0.717, 1.165) is 0 Å². The minimum absolute atomic E-state index is 0.275. The monoisotopic (exact) mass is 198 g/mol. The van der Waals surface area contributed by atoms with Gasteiger partial charge < -0.3 is 5.73 Å². The fraction of sp³-hybridized carbons (Fsp3) is 0.143. The Balaban J connectivity index is 4.76. The SMILES string of the molecule is [B]S(=O)(=O)NC(/C=C(\C)N)=C/C=C. The first-order valence-corrected chi connectivity index (χ1v) is 4.97. The molecule has 0 aromatic carbocycles. The van der Waals surface area contributed by atoms with Crippen LogP contribution in [0.5, 0.6) is 0 Å². The lowest BCUT2D eigenvalue weighted by atomic mass is 10.3. The predicted molar refractivity (Wildman–Crippen MR) is 54.0 cm³/mol. The minimum atomic E-state index is -3.76. The molecule has 0 heterocycles. The van der Waals surface area contributed by atoms with Gasteiger partial charge in [-0.2, -0.15) is 0 Å². The third-order valence-corrected chi connectivity index (χ3v) is 1.46. The number of nitrogens with two attached hydrogens (primary N) is 1. The molecule has 0 atom stereocenters. The van der Waals surface area contributed by atoms with Crippen molar-refractivity contribution in [3.05, 3.63) is 36.2 Å². The molecule has 0 spiro atoms. The molecule has 0 rings (SSSR count). The van der Waals surface area contributed by atoms with Crippen LogP contribution in [0.15, 0.2) is 36.2 Å². The van der Waals surface area contributed by atoms with Crippen molar-refractivity contribution in [1.29, 1.82) is 0 Å². The van der Waals surface area contributed by atoms with Crippen molar-refractivity contribution in [2.75, 3.05) is 0 Å². The van der Waals surface area contributed by atoms with E-state index < -0.39 is 9.87 Å². The molecule has 0 saturated carbocycles. The van der Waals surface area contributed by atoms with Crippen LogP contribution in [-0.4, -0.2) is 15.5 Å². The Morgan fingerprint density at radius 1 is 1.62 bits per heavy atom. The second kappa shape index (κ2) is 4.76. The molecule has 70 valence electrons. The molecule has 0 aromatic rings. The summed E-state index contributed by atoms with van der Waals surface area (Å²) in [6, 6.07) is 0. The maximum absolute atomic E-state index is 10.6. The Labute approximate surface area is 79.6 Å². The molecule has 0 unspecified atom stereocenters. The summed E-state index contributed by atoms with van der Waals surface area (Å²) in [7, 11) is 1.00. The summed E-state index contributed by atoms with van der Waals surface area (Å²) in [6.07, 6.45) is 4.31. The van der Waals surface area contributed by atoms with Gasteiger partial charge in [-0.05, 0) is 19.1 Å². The molecule has 0 fully saturated rings. The summed E-state index contributed by atoms with van der Waals surface area (Å²) in [5.74, 6) is 0. The van der Waals surface area contributed by atoms with Crippen LogP contribution in [0.2, 0.25) is 0 Å². The zero-order valence-corrected chi connectivity index (χ0v) is 8.14. The molecule has 0 aliphatic rings. The van der Waals surface area contributed by atoms with Gasteiger partial charge in [0.2, 0.25) is 0 Å².